The van der Waals surface area contributed by atoms with Gasteiger partial charge >= 0.3 is 39.5 Å². The number of aliphatic hydroxyl groups excluding tert-OH is 1. The molecule has 0 rings (SSSR count). The van der Waals surface area contributed by atoms with E-state index in [2.05, 4.69) is 27.7 Å². The molecular formula is C69H134O17P2. The third kappa shape index (κ3) is 62.8. The second kappa shape index (κ2) is 63.8. The van der Waals surface area contributed by atoms with E-state index in [1.54, 1.807) is 0 Å². The highest BCUT2D eigenvalue weighted by Crippen LogP contribution is 2.45. The molecule has 0 amide bonds. The Balaban J connectivity index is 5.25. The normalized spacial score (nSPS) is 14.0. The van der Waals surface area contributed by atoms with E-state index in [1.165, 1.54) is 193 Å². The number of rotatable bonds is 70. The molecule has 19 heteroatoms. The quantitative estimate of drug-likeness (QED) is 0.0222. The molecule has 0 bridgehead atoms. The van der Waals surface area contributed by atoms with Crippen molar-refractivity contribution in [2.45, 2.75) is 380 Å². The molecule has 0 fully saturated rings. The number of carbonyl (C=O) groups is 4. The average molecular weight is 1300 g/mol. The summed E-state index contributed by atoms with van der Waals surface area (Å²) in [6.07, 6.45) is 51.0. The lowest BCUT2D eigenvalue weighted by molar-refractivity contribution is -0.161. The van der Waals surface area contributed by atoms with Gasteiger partial charge in [-0.25, -0.2) is 9.13 Å². The summed E-state index contributed by atoms with van der Waals surface area (Å²) in [5, 5.41) is 10.6. The molecule has 0 aromatic heterocycles. The van der Waals surface area contributed by atoms with Crippen molar-refractivity contribution in [1.29, 1.82) is 0 Å². The van der Waals surface area contributed by atoms with Crippen molar-refractivity contribution in [2.24, 2.45) is 0 Å². The number of esters is 4. The zero-order chi connectivity index (χ0) is 64.7. The lowest BCUT2D eigenvalue weighted by Gasteiger charge is -2.21. The van der Waals surface area contributed by atoms with Gasteiger partial charge < -0.3 is 33.8 Å². The van der Waals surface area contributed by atoms with Crippen molar-refractivity contribution >= 4 is 39.5 Å². The number of carbonyl (C=O) groups excluding carboxylic acids is 4. The predicted octanol–water partition coefficient (Wildman–Crippen LogP) is 19.9. The number of phosphoric acid groups is 2. The topological polar surface area (TPSA) is 237 Å². The molecule has 3 N–H and O–H groups in total. The van der Waals surface area contributed by atoms with Crippen LogP contribution in [-0.2, 0) is 65.4 Å². The van der Waals surface area contributed by atoms with Crippen LogP contribution in [0.3, 0.4) is 0 Å². The Morgan fingerprint density at radius 2 is 0.455 bits per heavy atom. The lowest BCUT2D eigenvalue weighted by atomic mass is 10.0. The first-order valence-electron chi connectivity index (χ1n) is 36.3. The van der Waals surface area contributed by atoms with Crippen LogP contribution in [0.1, 0.15) is 362 Å². The number of hydrogen-bond acceptors (Lipinski definition) is 15. The first-order chi connectivity index (χ1) is 42.7. The number of ether oxygens (including phenoxy) is 4. The Morgan fingerprint density at radius 3 is 0.670 bits per heavy atom. The second-order valence-electron chi connectivity index (χ2n) is 24.9. The van der Waals surface area contributed by atoms with Crippen LogP contribution in [0.4, 0.5) is 0 Å². The van der Waals surface area contributed by atoms with Gasteiger partial charge in [0, 0.05) is 25.7 Å². The van der Waals surface area contributed by atoms with Crippen LogP contribution in [0, 0.1) is 0 Å². The van der Waals surface area contributed by atoms with Crippen LogP contribution >= 0.6 is 15.6 Å². The summed E-state index contributed by atoms with van der Waals surface area (Å²) in [6, 6.07) is 0. The summed E-state index contributed by atoms with van der Waals surface area (Å²) in [7, 11) is -9.89. The highest BCUT2D eigenvalue weighted by atomic mass is 31.2. The third-order valence-corrected chi connectivity index (χ3v) is 18.0. The summed E-state index contributed by atoms with van der Waals surface area (Å²) in [5.74, 6) is -2.12. The fourth-order valence-corrected chi connectivity index (χ4v) is 12.1. The highest BCUT2D eigenvalue weighted by Gasteiger charge is 2.30. The molecule has 0 aliphatic heterocycles. The number of hydrogen-bond donors (Lipinski definition) is 3. The Morgan fingerprint density at radius 1 is 0.273 bits per heavy atom. The van der Waals surface area contributed by atoms with Gasteiger partial charge in [0.1, 0.15) is 19.3 Å². The summed E-state index contributed by atoms with van der Waals surface area (Å²) in [6.45, 7) is 4.94. The van der Waals surface area contributed by atoms with Gasteiger partial charge in [-0.05, 0) is 25.7 Å². The first-order valence-corrected chi connectivity index (χ1v) is 39.3. The molecule has 0 aliphatic rings. The van der Waals surface area contributed by atoms with Gasteiger partial charge in [-0.1, -0.05) is 310 Å². The molecule has 0 heterocycles. The monoisotopic (exact) mass is 1300 g/mol. The third-order valence-electron chi connectivity index (χ3n) is 16.1. The minimum atomic E-state index is -4.95. The number of aliphatic hydroxyl groups is 1. The van der Waals surface area contributed by atoms with Crippen LogP contribution in [0.25, 0.3) is 0 Å². The summed E-state index contributed by atoms with van der Waals surface area (Å²) in [4.78, 5) is 72.5. The Kier molecular flexibility index (Phi) is 62.4. The fourth-order valence-electron chi connectivity index (χ4n) is 10.5. The van der Waals surface area contributed by atoms with E-state index in [9.17, 15) is 43.2 Å². The molecule has 0 saturated carbocycles. The van der Waals surface area contributed by atoms with Crippen LogP contribution in [0.5, 0.6) is 0 Å². The van der Waals surface area contributed by atoms with Crippen molar-refractivity contribution < 1.29 is 80.2 Å². The zero-order valence-electron chi connectivity index (χ0n) is 56.7. The van der Waals surface area contributed by atoms with Crippen molar-refractivity contribution in [3.63, 3.8) is 0 Å². The minimum Gasteiger partial charge on any atom is -0.462 e. The predicted molar refractivity (Wildman–Crippen MR) is 354 cm³/mol. The van der Waals surface area contributed by atoms with Crippen molar-refractivity contribution in [3.05, 3.63) is 0 Å². The van der Waals surface area contributed by atoms with Gasteiger partial charge in [0.2, 0.25) is 0 Å². The van der Waals surface area contributed by atoms with Crippen LogP contribution in [0.15, 0.2) is 0 Å². The number of unbranched alkanes of at least 4 members (excludes halogenated alkanes) is 44. The molecule has 4 atom stereocenters. The van der Waals surface area contributed by atoms with E-state index in [4.69, 9.17) is 37.0 Å². The Hall–Kier alpha value is -1.94. The van der Waals surface area contributed by atoms with Gasteiger partial charge in [0.05, 0.1) is 26.4 Å². The molecule has 17 nitrogen and oxygen atoms in total. The van der Waals surface area contributed by atoms with Gasteiger partial charge in [-0.2, -0.15) is 0 Å². The van der Waals surface area contributed by atoms with Crippen LogP contribution in [0.2, 0.25) is 0 Å². The standard InChI is InChI=1S/C69H134O17P2/c1-5-9-13-17-21-25-29-33-37-41-45-49-53-66(71)79-59-64(85-68(73)55-51-47-43-39-35-31-27-23-19-15-11-7-3)61-83-87(75,76)81-57-63(70)58-82-88(77,78)84-62-65(86-69(74)56-52-48-44-40-36-32-28-24-20-16-12-8-4)60-80-67(72)54-50-46-42-38-34-30-26-22-18-14-10-6-2/h63-65,70H,5-62H2,1-4H3,(H,75,76)(H,77,78)/t64-,65-/m1/s1. The first kappa shape index (κ1) is 86.1. The van der Waals surface area contributed by atoms with Crippen molar-refractivity contribution in [2.75, 3.05) is 39.6 Å². The second-order valence-corrected chi connectivity index (χ2v) is 27.8. The largest absolute Gasteiger partial charge is 0.472 e. The van der Waals surface area contributed by atoms with Gasteiger partial charge in [-0.15, -0.1) is 0 Å². The number of phosphoric ester groups is 2. The van der Waals surface area contributed by atoms with Crippen LogP contribution in [-0.4, -0.2) is 96.7 Å². The Labute approximate surface area is 537 Å². The maximum atomic E-state index is 13.0. The van der Waals surface area contributed by atoms with E-state index >= 15 is 0 Å². The van der Waals surface area contributed by atoms with E-state index in [-0.39, 0.29) is 25.7 Å². The van der Waals surface area contributed by atoms with Crippen LogP contribution < -0.4 is 0 Å². The summed E-state index contributed by atoms with van der Waals surface area (Å²) < 4.78 is 68.3. The summed E-state index contributed by atoms with van der Waals surface area (Å²) in [5.41, 5.74) is 0. The molecule has 522 valence electrons. The molecule has 2 unspecified atom stereocenters. The molecule has 0 spiro atoms. The molecule has 0 aromatic carbocycles. The van der Waals surface area contributed by atoms with E-state index in [0.717, 1.165) is 89.9 Å². The summed E-state index contributed by atoms with van der Waals surface area (Å²) >= 11 is 0. The maximum absolute atomic E-state index is 13.0. The Bertz CT molecular complexity index is 1570. The smallest absolute Gasteiger partial charge is 0.462 e. The molecular weight excluding hydrogens is 1160 g/mol. The lowest BCUT2D eigenvalue weighted by Crippen LogP contribution is -2.30. The average Bonchev–Trinajstić information content (AvgIpc) is 3.68. The minimum absolute atomic E-state index is 0.108. The molecule has 0 aliphatic carbocycles. The SMILES string of the molecule is CCCCCCCCCCCCCCC(=O)OC[C@H](COP(=O)(O)OCC(O)COP(=O)(O)OC[C@@H](COC(=O)CCCCCCCCCCCCCC)OC(=O)CCCCCCCCCCCCCC)OC(=O)CCCCCCCCCCCCCC. The van der Waals surface area contributed by atoms with Gasteiger partial charge in [-0.3, -0.25) is 37.3 Å². The molecule has 0 radical (unpaired) electrons. The van der Waals surface area contributed by atoms with Gasteiger partial charge in [0.15, 0.2) is 12.2 Å². The van der Waals surface area contributed by atoms with E-state index < -0.39 is 97.5 Å². The highest BCUT2D eigenvalue weighted by molar-refractivity contribution is 7.47. The van der Waals surface area contributed by atoms with E-state index in [0.29, 0.717) is 25.7 Å². The maximum Gasteiger partial charge on any atom is 0.472 e. The molecule has 88 heavy (non-hydrogen) atoms. The zero-order valence-corrected chi connectivity index (χ0v) is 58.5. The molecule has 0 saturated heterocycles. The van der Waals surface area contributed by atoms with E-state index in [1.807, 2.05) is 0 Å². The fraction of sp³-hybridized carbons (Fsp3) is 0.942. The van der Waals surface area contributed by atoms with Gasteiger partial charge in [0.25, 0.3) is 0 Å². The molecule has 0 aromatic rings. The van der Waals surface area contributed by atoms with Crippen molar-refractivity contribution in [1.82, 2.24) is 0 Å². The van der Waals surface area contributed by atoms with Crippen molar-refractivity contribution in [3.8, 4) is 0 Å².